The van der Waals surface area contributed by atoms with E-state index in [-0.39, 0.29) is 24.0 Å². The quantitative estimate of drug-likeness (QED) is 0.735. The van der Waals surface area contributed by atoms with Crippen LogP contribution in [0.15, 0.2) is 0 Å². The molecule has 2 aliphatic heterocycles. The maximum atomic E-state index is 11.8. The summed E-state index contributed by atoms with van der Waals surface area (Å²) in [5, 5.41) is 3.23. The van der Waals surface area contributed by atoms with Gasteiger partial charge in [0, 0.05) is 40.3 Å². The number of ether oxygens (including phenoxy) is 1. The van der Waals surface area contributed by atoms with Crippen molar-refractivity contribution >= 4 is 18.4 Å². The Hall–Kier alpha value is -0.520. The van der Waals surface area contributed by atoms with Crippen LogP contribution < -0.4 is 5.32 Å². The number of halogens is 1. The standard InChI is InChI=1S/C9H17N3O2.ClH/c1-11-7-9(5-10-6-9)12(8(11)13)3-4-14-2;/h10H,3-7H2,1-2H3;1H. The van der Waals surface area contributed by atoms with Crippen molar-refractivity contribution in [3.8, 4) is 0 Å². The largest absolute Gasteiger partial charge is 0.383 e. The summed E-state index contributed by atoms with van der Waals surface area (Å²) in [5.74, 6) is 0. The summed E-state index contributed by atoms with van der Waals surface area (Å²) in [6, 6.07) is 0.128. The van der Waals surface area contributed by atoms with Gasteiger partial charge in [0.25, 0.3) is 0 Å². The van der Waals surface area contributed by atoms with Crippen molar-refractivity contribution in [2.24, 2.45) is 0 Å². The third kappa shape index (κ3) is 1.91. The Morgan fingerprint density at radius 2 is 2.20 bits per heavy atom. The molecule has 2 aliphatic rings. The van der Waals surface area contributed by atoms with Crippen LogP contribution in [0.3, 0.4) is 0 Å². The van der Waals surface area contributed by atoms with Crippen molar-refractivity contribution in [3.63, 3.8) is 0 Å². The summed E-state index contributed by atoms with van der Waals surface area (Å²) >= 11 is 0. The highest BCUT2D eigenvalue weighted by Gasteiger charge is 2.51. The van der Waals surface area contributed by atoms with Gasteiger partial charge in [-0.3, -0.25) is 0 Å². The molecule has 0 aromatic heterocycles. The van der Waals surface area contributed by atoms with Crippen LogP contribution in [0.1, 0.15) is 0 Å². The van der Waals surface area contributed by atoms with Crippen LogP contribution in [0, 0.1) is 0 Å². The molecule has 2 amide bonds. The summed E-state index contributed by atoms with van der Waals surface area (Å²) < 4.78 is 5.02. The fourth-order valence-electron chi connectivity index (χ4n) is 2.24. The number of rotatable bonds is 3. The summed E-state index contributed by atoms with van der Waals surface area (Å²) in [5.41, 5.74) is 0.0460. The molecule has 1 N–H and O–H groups in total. The number of carbonyl (C=O) groups is 1. The Balaban J connectivity index is 0.00000112. The average molecular weight is 236 g/mol. The predicted molar refractivity (Wildman–Crippen MR) is 59.5 cm³/mol. The van der Waals surface area contributed by atoms with Crippen molar-refractivity contribution in [1.29, 1.82) is 0 Å². The zero-order valence-electron chi connectivity index (χ0n) is 9.15. The second-order valence-electron chi connectivity index (χ2n) is 4.11. The van der Waals surface area contributed by atoms with E-state index in [0.717, 1.165) is 19.6 Å². The first-order valence-electron chi connectivity index (χ1n) is 4.92. The molecule has 0 aromatic rings. The van der Waals surface area contributed by atoms with Gasteiger partial charge in [0.2, 0.25) is 0 Å². The Labute approximate surface area is 96.1 Å². The summed E-state index contributed by atoms with van der Waals surface area (Å²) in [4.78, 5) is 15.5. The van der Waals surface area contributed by atoms with Crippen LogP contribution in [0.5, 0.6) is 0 Å². The zero-order valence-corrected chi connectivity index (χ0v) is 9.97. The Morgan fingerprint density at radius 1 is 1.53 bits per heavy atom. The molecular weight excluding hydrogens is 218 g/mol. The van der Waals surface area contributed by atoms with Crippen LogP contribution in [-0.4, -0.2) is 68.3 Å². The maximum absolute atomic E-state index is 11.8. The number of methoxy groups -OCH3 is 1. The molecule has 2 saturated heterocycles. The van der Waals surface area contributed by atoms with Gasteiger partial charge in [-0.2, -0.15) is 0 Å². The van der Waals surface area contributed by atoms with Crippen LogP contribution in [0.25, 0.3) is 0 Å². The molecule has 0 aromatic carbocycles. The summed E-state index contributed by atoms with van der Waals surface area (Å²) in [6.45, 7) is 3.96. The molecule has 2 fully saturated rings. The van der Waals surface area contributed by atoms with Gasteiger partial charge >= 0.3 is 6.03 Å². The van der Waals surface area contributed by atoms with Gasteiger partial charge in [-0.15, -0.1) is 12.4 Å². The lowest BCUT2D eigenvalue weighted by molar-refractivity contribution is 0.0781. The van der Waals surface area contributed by atoms with E-state index < -0.39 is 0 Å². The van der Waals surface area contributed by atoms with E-state index in [1.807, 2.05) is 11.9 Å². The van der Waals surface area contributed by atoms with E-state index in [2.05, 4.69) is 5.32 Å². The number of amides is 2. The van der Waals surface area contributed by atoms with Crippen molar-refractivity contribution in [3.05, 3.63) is 0 Å². The monoisotopic (exact) mass is 235 g/mol. The lowest BCUT2D eigenvalue weighted by Gasteiger charge is -2.44. The Morgan fingerprint density at radius 3 is 2.67 bits per heavy atom. The van der Waals surface area contributed by atoms with Crippen molar-refractivity contribution in [2.45, 2.75) is 5.54 Å². The molecular formula is C9H18ClN3O2. The van der Waals surface area contributed by atoms with Crippen molar-refractivity contribution < 1.29 is 9.53 Å². The molecule has 5 nitrogen and oxygen atoms in total. The van der Waals surface area contributed by atoms with Crippen molar-refractivity contribution in [1.82, 2.24) is 15.1 Å². The second-order valence-corrected chi connectivity index (χ2v) is 4.11. The highest BCUT2D eigenvalue weighted by atomic mass is 35.5. The SMILES string of the molecule is COCCN1C(=O)N(C)CC12CNC2.Cl. The molecule has 88 valence electrons. The maximum Gasteiger partial charge on any atom is 0.320 e. The zero-order chi connectivity index (χ0) is 10.2. The molecule has 0 saturated carbocycles. The first kappa shape index (κ1) is 12.5. The smallest absolute Gasteiger partial charge is 0.320 e. The van der Waals surface area contributed by atoms with E-state index in [0.29, 0.717) is 13.2 Å². The number of hydrogen-bond acceptors (Lipinski definition) is 3. The molecule has 0 aliphatic carbocycles. The Kier molecular flexibility index (Phi) is 3.81. The lowest BCUT2D eigenvalue weighted by Crippen LogP contribution is -2.68. The normalized spacial score (nSPS) is 22.9. The summed E-state index contributed by atoms with van der Waals surface area (Å²) in [7, 11) is 3.52. The van der Waals surface area contributed by atoms with Crippen LogP contribution in [0.4, 0.5) is 4.79 Å². The van der Waals surface area contributed by atoms with Gasteiger partial charge in [0.05, 0.1) is 12.1 Å². The molecule has 0 atom stereocenters. The average Bonchev–Trinajstić information content (AvgIpc) is 2.37. The third-order valence-corrected chi connectivity index (χ3v) is 3.09. The van der Waals surface area contributed by atoms with Crippen LogP contribution in [0.2, 0.25) is 0 Å². The van der Waals surface area contributed by atoms with E-state index in [4.69, 9.17) is 4.74 Å². The van der Waals surface area contributed by atoms with E-state index in [1.54, 1.807) is 12.0 Å². The first-order chi connectivity index (χ1) is 6.69. The van der Waals surface area contributed by atoms with E-state index in [1.165, 1.54) is 0 Å². The molecule has 1 spiro atoms. The molecule has 0 radical (unpaired) electrons. The number of hydrogen-bond donors (Lipinski definition) is 1. The topological polar surface area (TPSA) is 44.8 Å². The number of carbonyl (C=O) groups excluding carboxylic acids is 1. The Bertz CT molecular complexity index is 246. The van der Waals surface area contributed by atoms with Gasteiger partial charge in [-0.25, -0.2) is 4.79 Å². The fourth-order valence-corrected chi connectivity index (χ4v) is 2.24. The molecule has 2 rings (SSSR count). The predicted octanol–water partition coefficient (Wildman–Crippen LogP) is -0.236. The minimum Gasteiger partial charge on any atom is -0.383 e. The summed E-state index contributed by atoms with van der Waals surface area (Å²) in [6.07, 6.45) is 0. The number of nitrogens with one attached hydrogen (secondary N) is 1. The molecule has 15 heavy (non-hydrogen) atoms. The third-order valence-electron chi connectivity index (χ3n) is 3.09. The molecule has 0 bridgehead atoms. The van der Waals surface area contributed by atoms with Gasteiger partial charge < -0.3 is 19.9 Å². The lowest BCUT2D eigenvalue weighted by atomic mass is 9.92. The molecule has 6 heteroatoms. The van der Waals surface area contributed by atoms with Crippen LogP contribution >= 0.6 is 12.4 Å². The van der Waals surface area contributed by atoms with Gasteiger partial charge in [-0.05, 0) is 0 Å². The van der Waals surface area contributed by atoms with Gasteiger partial charge in [-0.1, -0.05) is 0 Å². The number of nitrogens with zero attached hydrogens (tertiary/aromatic N) is 2. The van der Waals surface area contributed by atoms with Crippen LogP contribution in [-0.2, 0) is 4.74 Å². The highest BCUT2D eigenvalue weighted by molar-refractivity contribution is 5.85. The van der Waals surface area contributed by atoms with Gasteiger partial charge in [0.15, 0.2) is 0 Å². The van der Waals surface area contributed by atoms with E-state index >= 15 is 0 Å². The van der Waals surface area contributed by atoms with Crippen molar-refractivity contribution in [2.75, 3.05) is 46.9 Å². The number of urea groups is 1. The van der Waals surface area contributed by atoms with E-state index in [9.17, 15) is 4.79 Å². The number of likely N-dealkylation sites (N-methyl/N-ethyl adjacent to an activating group) is 1. The van der Waals surface area contributed by atoms with Gasteiger partial charge in [0.1, 0.15) is 0 Å². The highest BCUT2D eigenvalue weighted by Crippen LogP contribution is 2.28. The fraction of sp³-hybridized carbons (Fsp3) is 0.889. The second kappa shape index (κ2) is 4.55. The minimum absolute atomic E-state index is 0. The first-order valence-corrected chi connectivity index (χ1v) is 4.92. The molecule has 0 unspecified atom stereocenters. The minimum atomic E-state index is 0. The molecule has 2 heterocycles.